The van der Waals surface area contributed by atoms with Gasteiger partial charge in [0.15, 0.2) is 0 Å². The minimum absolute atomic E-state index is 0.947. The van der Waals surface area contributed by atoms with E-state index in [9.17, 15) is 0 Å². The fraction of sp³-hybridized carbons (Fsp3) is 0. The largest absolute Gasteiger partial charge is 0.456 e. The summed E-state index contributed by atoms with van der Waals surface area (Å²) >= 11 is 0. The monoisotopic (exact) mass is 256 g/mol. The molecule has 0 atom stereocenters. The Morgan fingerprint density at radius 1 is 0.650 bits per heavy atom. The van der Waals surface area contributed by atoms with Crippen LogP contribution < -0.4 is 5.46 Å². The highest BCUT2D eigenvalue weighted by molar-refractivity contribution is 6.32. The van der Waals surface area contributed by atoms with Crippen molar-refractivity contribution in [1.29, 1.82) is 0 Å². The second kappa shape index (κ2) is 4.27. The van der Waals surface area contributed by atoms with Gasteiger partial charge < -0.3 is 4.42 Å². The Morgan fingerprint density at radius 3 is 2.35 bits per heavy atom. The predicted molar refractivity (Wildman–Crippen MR) is 87.3 cm³/mol. The van der Waals surface area contributed by atoms with Crippen LogP contribution in [0.1, 0.15) is 0 Å². The van der Waals surface area contributed by atoms with Gasteiger partial charge >= 0.3 is 0 Å². The Balaban J connectivity index is 2.00. The third-order valence-electron chi connectivity index (χ3n) is 3.73. The molecule has 0 aliphatic heterocycles. The second-order valence-electron chi connectivity index (χ2n) is 5.18. The average molecular weight is 256 g/mol. The van der Waals surface area contributed by atoms with E-state index in [4.69, 9.17) is 4.42 Å². The van der Waals surface area contributed by atoms with Gasteiger partial charge in [-0.2, -0.15) is 0 Å². The molecule has 1 heterocycles. The summed E-state index contributed by atoms with van der Waals surface area (Å²) in [5.74, 6) is 0. The van der Waals surface area contributed by atoms with Crippen molar-refractivity contribution < 1.29 is 4.42 Å². The first-order valence-corrected chi connectivity index (χ1v) is 6.79. The van der Waals surface area contributed by atoms with Gasteiger partial charge in [-0.05, 0) is 29.3 Å². The van der Waals surface area contributed by atoms with Crippen molar-refractivity contribution in [2.75, 3.05) is 0 Å². The first-order chi connectivity index (χ1) is 9.81. The van der Waals surface area contributed by atoms with Crippen LogP contribution in [0.25, 0.3) is 33.1 Å². The van der Waals surface area contributed by atoms with Gasteiger partial charge in [0.25, 0.3) is 0 Å². The third-order valence-corrected chi connectivity index (χ3v) is 3.73. The summed E-state index contributed by atoms with van der Waals surface area (Å²) in [7, 11) is 2.12. The van der Waals surface area contributed by atoms with Crippen molar-refractivity contribution in [2.24, 2.45) is 0 Å². The lowest BCUT2D eigenvalue weighted by atomic mass is 9.92. The molecule has 4 rings (SSSR count). The number of benzene rings is 3. The van der Waals surface area contributed by atoms with Crippen LogP contribution in [0.15, 0.2) is 71.1 Å². The van der Waals surface area contributed by atoms with E-state index in [1.54, 1.807) is 0 Å². The van der Waals surface area contributed by atoms with E-state index >= 15 is 0 Å². The predicted octanol–water partition coefficient (Wildman–Crippen LogP) is 3.51. The Hall–Kier alpha value is -2.48. The number of furan rings is 1. The summed E-state index contributed by atoms with van der Waals surface area (Å²) in [6, 6.07) is 23.2. The molecular formula is C18H13BO. The maximum atomic E-state index is 5.87. The number of hydrogen-bond acceptors (Lipinski definition) is 1. The second-order valence-corrected chi connectivity index (χ2v) is 5.18. The van der Waals surface area contributed by atoms with Gasteiger partial charge in [0.1, 0.15) is 19.0 Å². The van der Waals surface area contributed by atoms with Crippen LogP contribution in [0, 0.1) is 0 Å². The molecule has 94 valence electrons. The van der Waals surface area contributed by atoms with Crippen LogP contribution in [0.4, 0.5) is 0 Å². The van der Waals surface area contributed by atoms with Gasteiger partial charge in [-0.15, -0.1) is 0 Å². The highest BCUT2D eigenvalue weighted by Gasteiger charge is 2.07. The van der Waals surface area contributed by atoms with E-state index in [1.165, 1.54) is 27.4 Å². The van der Waals surface area contributed by atoms with E-state index in [2.05, 4.69) is 62.4 Å². The molecule has 0 N–H and O–H groups in total. The molecular weight excluding hydrogens is 243 g/mol. The molecule has 2 heteroatoms. The average Bonchev–Trinajstić information content (AvgIpc) is 2.85. The van der Waals surface area contributed by atoms with E-state index in [0.717, 1.165) is 11.2 Å². The van der Waals surface area contributed by atoms with Crippen molar-refractivity contribution in [3.8, 4) is 11.1 Å². The van der Waals surface area contributed by atoms with Crippen molar-refractivity contribution in [1.82, 2.24) is 0 Å². The van der Waals surface area contributed by atoms with Gasteiger partial charge in [0.2, 0.25) is 0 Å². The van der Waals surface area contributed by atoms with Crippen LogP contribution >= 0.6 is 0 Å². The summed E-state index contributed by atoms with van der Waals surface area (Å²) in [5.41, 5.74) is 5.65. The fourth-order valence-corrected chi connectivity index (χ4v) is 2.73. The minimum Gasteiger partial charge on any atom is -0.456 e. The SMILES string of the molecule is Bc1cccc(-c2ccc3oc4ccccc4c3c2)c1. The molecule has 0 aliphatic rings. The highest BCUT2D eigenvalue weighted by Crippen LogP contribution is 2.31. The van der Waals surface area contributed by atoms with Gasteiger partial charge in [-0.25, -0.2) is 0 Å². The molecule has 0 radical (unpaired) electrons. The molecule has 0 spiro atoms. The Bertz CT molecular complexity index is 921. The molecule has 4 aromatic rings. The number of hydrogen-bond donors (Lipinski definition) is 0. The van der Waals surface area contributed by atoms with Crippen molar-refractivity contribution in [2.45, 2.75) is 0 Å². The van der Waals surface area contributed by atoms with E-state index in [-0.39, 0.29) is 0 Å². The highest BCUT2D eigenvalue weighted by atomic mass is 16.3. The van der Waals surface area contributed by atoms with Crippen LogP contribution in [-0.4, -0.2) is 7.85 Å². The standard InChI is InChI=1S/C18H13BO/c19-14-5-3-4-12(10-14)13-8-9-18-16(11-13)15-6-1-2-7-17(15)20-18/h1-11H,19H2. The first kappa shape index (κ1) is 11.4. The fourth-order valence-electron chi connectivity index (χ4n) is 2.73. The van der Waals surface area contributed by atoms with Gasteiger partial charge in [0, 0.05) is 10.8 Å². The van der Waals surface area contributed by atoms with Crippen molar-refractivity contribution >= 4 is 35.2 Å². The third kappa shape index (κ3) is 1.73. The molecule has 0 fully saturated rings. The molecule has 20 heavy (non-hydrogen) atoms. The Labute approximate surface area is 118 Å². The minimum atomic E-state index is 0.947. The van der Waals surface area contributed by atoms with Crippen molar-refractivity contribution in [3.63, 3.8) is 0 Å². The molecule has 0 amide bonds. The molecule has 1 nitrogen and oxygen atoms in total. The van der Waals surface area contributed by atoms with Crippen LogP contribution in [-0.2, 0) is 0 Å². The zero-order valence-electron chi connectivity index (χ0n) is 11.3. The number of fused-ring (bicyclic) bond motifs is 3. The van der Waals surface area contributed by atoms with Crippen LogP contribution in [0.2, 0.25) is 0 Å². The quantitative estimate of drug-likeness (QED) is 0.475. The van der Waals surface area contributed by atoms with Gasteiger partial charge in [0.05, 0.1) is 0 Å². The number of para-hydroxylation sites is 1. The molecule has 0 unspecified atom stereocenters. The van der Waals surface area contributed by atoms with E-state index in [0.29, 0.717) is 0 Å². The zero-order chi connectivity index (χ0) is 13.5. The van der Waals surface area contributed by atoms with Gasteiger partial charge in [-0.1, -0.05) is 54.0 Å². The summed E-state index contributed by atoms with van der Waals surface area (Å²) in [4.78, 5) is 0. The molecule has 0 saturated carbocycles. The Morgan fingerprint density at radius 2 is 1.45 bits per heavy atom. The molecule has 0 aliphatic carbocycles. The van der Waals surface area contributed by atoms with Gasteiger partial charge in [-0.3, -0.25) is 0 Å². The van der Waals surface area contributed by atoms with Crippen molar-refractivity contribution in [3.05, 3.63) is 66.7 Å². The normalized spacial score (nSPS) is 11.2. The smallest absolute Gasteiger partial charge is 0.139 e. The first-order valence-electron chi connectivity index (χ1n) is 6.79. The lowest BCUT2D eigenvalue weighted by Crippen LogP contribution is -2.00. The lowest BCUT2D eigenvalue weighted by Gasteiger charge is -2.03. The molecule has 0 saturated heterocycles. The van der Waals surface area contributed by atoms with Crippen LogP contribution in [0.5, 0.6) is 0 Å². The van der Waals surface area contributed by atoms with E-state index < -0.39 is 0 Å². The summed E-state index contributed by atoms with van der Waals surface area (Å²) in [6.45, 7) is 0. The topological polar surface area (TPSA) is 13.1 Å². The lowest BCUT2D eigenvalue weighted by molar-refractivity contribution is 0.669. The molecule has 1 aromatic heterocycles. The Kier molecular flexibility index (Phi) is 2.43. The molecule has 0 bridgehead atoms. The maximum absolute atomic E-state index is 5.87. The summed E-state index contributed by atoms with van der Waals surface area (Å²) in [5, 5.41) is 2.36. The zero-order valence-corrected chi connectivity index (χ0v) is 11.3. The summed E-state index contributed by atoms with van der Waals surface area (Å²) in [6.07, 6.45) is 0. The molecule has 3 aromatic carbocycles. The summed E-state index contributed by atoms with van der Waals surface area (Å²) < 4.78 is 5.87. The number of rotatable bonds is 1. The maximum Gasteiger partial charge on any atom is 0.139 e. The van der Waals surface area contributed by atoms with E-state index in [1.807, 2.05) is 12.1 Å². The van der Waals surface area contributed by atoms with Crippen LogP contribution in [0.3, 0.4) is 0 Å².